The lowest BCUT2D eigenvalue weighted by Gasteiger charge is -2.44. The second kappa shape index (κ2) is 6.11. The van der Waals surface area contributed by atoms with Crippen LogP contribution in [0.2, 0.25) is 5.15 Å². The quantitative estimate of drug-likeness (QED) is 0.405. The molecule has 1 aliphatic rings. The van der Waals surface area contributed by atoms with Gasteiger partial charge in [-0.2, -0.15) is 0 Å². The predicted molar refractivity (Wildman–Crippen MR) is 95.7 cm³/mol. The minimum absolute atomic E-state index is 0.0190. The third-order valence-corrected chi connectivity index (χ3v) is 4.75. The summed E-state index contributed by atoms with van der Waals surface area (Å²) < 4.78 is 0. The number of nitrogens with zero attached hydrogens (tertiary/aromatic N) is 5. The number of hydrogen-bond donors (Lipinski definition) is 2. The Labute approximate surface area is 152 Å². The van der Waals surface area contributed by atoms with Gasteiger partial charge in [0.05, 0.1) is 16.0 Å². The highest BCUT2D eigenvalue weighted by atomic mass is 35.5. The Hall–Kier alpha value is -2.91. The van der Waals surface area contributed by atoms with Crippen molar-refractivity contribution < 1.29 is 4.92 Å². The monoisotopic (exact) mass is 371 g/mol. The molecule has 0 aliphatic heterocycles. The van der Waals surface area contributed by atoms with Crippen molar-refractivity contribution in [3.8, 4) is 0 Å². The molecule has 3 aromatic rings. The standard InChI is InChI=1S/C16H14ClN7O2/c17-14-12(24(25)26)13(20-8-21-14)16(18)5-10(6-16)22-15-19-7-9-3-1-2-4-11(9)23-15/h1-4,7-8,10H,5-6,18H2,(H,19,22,23). The SMILES string of the molecule is NC1(c2ncnc(Cl)c2[N+](=O)[O-])CC(Nc2ncc3ccccc3n2)C1. The molecular weight excluding hydrogens is 358 g/mol. The summed E-state index contributed by atoms with van der Waals surface area (Å²) in [5.74, 6) is 0.492. The van der Waals surface area contributed by atoms with Gasteiger partial charge in [0.2, 0.25) is 11.1 Å². The second-order valence-corrected chi connectivity index (χ2v) is 6.63. The first-order valence-corrected chi connectivity index (χ1v) is 8.27. The first-order chi connectivity index (χ1) is 12.5. The number of para-hydroxylation sites is 1. The van der Waals surface area contributed by atoms with Gasteiger partial charge in [0.1, 0.15) is 12.0 Å². The molecule has 0 atom stereocenters. The Morgan fingerprint density at radius 2 is 2.04 bits per heavy atom. The van der Waals surface area contributed by atoms with Gasteiger partial charge in [-0.3, -0.25) is 10.1 Å². The minimum atomic E-state index is -0.941. The van der Waals surface area contributed by atoms with E-state index in [0.717, 1.165) is 10.9 Å². The van der Waals surface area contributed by atoms with Crippen LogP contribution in [0.3, 0.4) is 0 Å². The molecule has 1 aromatic carbocycles. The summed E-state index contributed by atoms with van der Waals surface area (Å²) in [6, 6.07) is 7.65. The maximum absolute atomic E-state index is 11.3. The number of benzene rings is 1. The summed E-state index contributed by atoms with van der Waals surface area (Å²) in [4.78, 5) is 27.1. The average molecular weight is 372 g/mol. The van der Waals surface area contributed by atoms with Crippen molar-refractivity contribution >= 4 is 34.1 Å². The topological polar surface area (TPSA) is 133 Å². The van der Waals surface area contributed by atoms with Crippen LogP contribution in [-0.4, -0.2) is 30.9 Å². The zero-order valence-corrected chi connectivity index (χ0v) is 14.2. The number of fused-ring (bicyclic) bond motifs is 1. The van der Waals surface area contributed by atoms with Gasteiger partial charge in [-0.25, -0.2) is 19.9 Å². The molecule has 1 saturated carbocycles. The summed E-state index contributed by atoms with van der Waals surface area (Å²) in [6.45, 7) is 0. The third kappa shape index (κ3) is 2.80. The number of rotatable bonds is 4. The number of aromatic nitrogens is 4. The molecule has 0 radical (unpaired) electrons. The van der Waals surface area contributed by atoms with Crippen molar-refractivity contribution in [3.63, 3.8) is 0 Å². The molecule has 132 valence electrons. The zero-order chi connectivity index (χ0) is 18.3. The van der Waals surface area contributed by atoms with Crippen LogP contribution in [0.5, 0.6) is 0 Å². The number of nitrogens with two attached hydrogens (primary N) is 1. The first-order valence-electron chi connectivity index (χ1n) is 7.89. The van der Waals surface area contributed by atoms with E-state index in [1.165, 1.54) is 6.33 Å². The first kappa shape index (κ1) is 16.6. The highest BCUT2D eigenvalue weighted by Crippen LogP contribution is 2.44. The Kier molecular flexibility index (Phi) is 3.89. The minimum Gasteiger partial charge on any atom is -0.351 e. The Balaban J connectivity index is 1.52. The summed E-state index contributed by atoms with van der Waals surface area (Å²) in [5.41, 5.74) is 6.04. The third-order valence-electron chi connectivity index (χ3n) is 4.48. The molecule has 10 heteroatoms. The van der Waals surface area contributed by atoms with Gasteiger partial charge < -0.3 is 11.1 Å². The summed E-state index contributed by atoms with van der Waals surface area (Å²) in [6.07, 6.45) is 3.81. The summed E-state index contributed by atoms with van der Waals surface area (Å²) in [5, 5.41) is 15.2. The van der Waals surface area contributed by atoms with Crippen LogP contribution in [-0.2, 0) is 5.54 Å². The molecule has 0 saturated heterocycles. The lowest BCUT2D eigenvalue weighted by atomic mass is 9.70. The lowest BCUT2D eigenvalue weighted by Crippen LogP contribution is -2.55. The largest absolute Gasteiger partial charge is 0.351 e. The highest BCUT2D eigenvalue weighted by molar-refractivity contribution is 6.31. The van der Waals surface area contributed by atoms with E-state index in [9.17, 15) is 10.1 Å². The van der Waals surface area contributed by atoms with Gasteiger partial charge in [-0.05, 0) is 18.9 Å². The van der Waals surface area contributed by atoms with Gasteiger partial charge in [0.25, 0.3) is 0 Å². The summed E-state index contributed by atoms with van der Waals surface area (Å²) in [7, 11) is 0. The van der Waals surface area contributed by atoms with E-state index in [-0.39, 0.29) is 22.6 Å². The maximum atomic E-state index is 11.3. The number of halogens is 1. The van der Waals surface area contributed by atoms with Crippen LogP contribution in [0.1, 0.15) is 18.5 Å². The molecule has 0 amide bonds. The molecular formula is C16H14ClN7O2. The van der Waals surface area contributed by atoms with Gasteiger partial charge in [-0.15, -0.1) is 0 Å². The highest BCUT2D eigenvalue weighted by Gasteiger charge is 2.48. The number of nitro groups is 1. The molecule has 4 rings (SSSR count). The lowest BCUT2D eigenvalue weighted by molar-refractivity contribution is -0.386. The van der Waals surface area contributed by atoms with E-state index >= 15 is 0 Å². The zero-order valence-electron chi connectivity index (χ0n) is 13.5. The van der Waals surface area contributed by atoms with Crippen molar-refractivity contribution in [2.24, 2.45) is 5.73 Å². The van der Waals surface area contributed by atoms with E-state index in [0.29, 0.717) is 18.8 Å². The number of nitrogens with one attached hydrogen (secondary N) is 1. The number of anilines is 1. The van der Waals surface area contributed by atoms with Crippen LogP contribution in [0.25, 0.3) is 10.9 Å². The van der Waals surface area contributed by atoms with Crippen LogP contribution >= 0.6 is 11.6 Å². The van der Waals surface area contributed by atoms with Crippen molar-refractivity contribution in [1.82, 2.24) is 19.9 Å². The van der Waals surface area contributed by atoms with Gasteiger partial charge >= 0.3 is 5.69 Å². The Morgan fingerprint density at radius 1 is 1.27 bits per heavy atom. The van der Waals surface area contributed by atoms with Crippen molar-refractivity contribution in [1.29, 1.82) is 0 Å². The molecule has 0 bridgehead atoms. The van der Waals surface area contributed by atoms with E-state index in [1.54, 1.807) is 6.20 Å². The predicted octanol–water partition coefficient (Wildman–Crippen LogP) is 2.41. The van der Waals surface area contributed by atoms with E-state index in [4.69, 9.17) is 17.3 Å². The maximum Gasteiger partial charge on any atom is 0.329 e. The molecule has 9 nitrogen and oxygen atoms in total. The molecule has 1 fully saturated rings. The molecule has 2 heterocycles. The molecule has 1 aliphatic carbocycles. The Bertz CT molecular complexity index is 1010. The molecule has 0 spiro atoms. The van der Waals surface area contributed by atoms with E-state index < -0.39 is 10.5 Å². The molecule has 26 heavy (non-hydrogen) atoms. The smallest absolute Gasteiger partial charge is 0.329 e. The Morgan fingerprint density at radius 3 is 2.81 bits per heavy atom. The van der Waals surface area contributed by atoms with Crippen LogP contribution < -0.4 is 11.1 Å². The van der Waals surface area contributed by atoms with Crippen molar-refractivity contribution in [3.05, 3.63) is 57.8 Å². The number of hydrogen-bond acceptors (Lipinski definition) is 8. The van der Waals surface area contributed by atoms with E-state index in [2.05, 4.69) is 25.3 Å². The van der Waals surface area contributed by atoms with Gasteiger partial charge in [0.15, 0.2) is 0 Å². The summed E-state index contributed by atoms with van der Waals surface area (Å²) >= 11 is 5.85. The fourth-order valence-electron chi connectivity index (χ4n) is 3.22. The van der Waals surface area contributed by atoms with Gasteiger partial charge in [-0.1, -0.05) is 29.8 Å². The van der Waals surface area contributed by atoms with Gasteiger partial charge in [0, 0.05) is 17.6 Å². The van der Waals surface area contributed by atoms with Crippen molar-refractivity contribution in [2.45, 2.75) is 24.4 Å². The van der Waals surface area contributed by atoms with Crippen LogP contribution in [0.4, 0.5) is 11.6 Å². The second-order valence-electron chi connectivity index (χ2n) is 6.28. The molecule has 2 aromatic heterocycles. The fraction of sp³-hybridized carbons (Fsp3) is 0.250. The molecule has 0 unspecified atom stereocenters. The fourth-order valence-corrected chi connectivity index (χ4v) is 3.42. The van der Waals surface area contributed by atoms with Crippen LogP contribution in [0.15, 0.2) is 36.8 Å². The van der Waals surface area contributed by atoms with E-state index in [1.807, 2.05) is 24.3 Å². The average Bonchev–Trinajstić information content (AvgIpc) is 2.59. The van der Waals surface area contributed by atoms with Crippen molar-refractivity contribution in [2.75, 3.05) is 5.32 Å². The normalized spacial score (nSPS) is 22.0. The molecule has 3 N–H and O–H groups in total. The van der Waals surface area contributed by atoms with Crippen LogP contribution in [0, 0.1) is 10.1 Å².